The highest BCUT2D eigenvalue weighted by molar-refractivity contribution is 5.94. The fourth-order valence-corrected chi connectivity index (χ4v) is 2.90. The lowest BCUT2D eigenvalue weighted by atomic mass is 9.97. The molecule has 6 heteroatoms. The fraction of sp³-hybridized carbons (Fsp3) is 0.556. The van der Waals surface area contributed by atoms with Crippen molar-refractivity contribution in [2.45, 2.75) is 32.7 Å². The van der Waals surface area contributed by atoms with Gasteiger partial charge in [-0.05, 0) is 57.5 Å². The van der Waals surface area contributed by atoms with Crippen molar-refractivity contribution in [3.05, 3.63) is 24.3 Å². The number of likely N-dealkylation sites (tertiary alicyclic amines) is 1. The summed E-state index contributed by atoms with van der Waals surface area (Å²) in [6.45, 7) is 5.45. The molecule has 1 aliphatic heterocycles. The number of piperidine rings is 1. The smallest absolute Gasteiger partial charge is 0.310 e. The average molecular weight is 334 g/mol. The van der Waals surface area contributed by atoms with E-state index in [1.165, 1.54) is 0 Å². The molecule has 1 aromatic carbocycles. The van der Waals surface area contributed by atoms with Gasteiger partial charge in [-0.2, -0.15) is 0 Å². The molecule has 1 aliphatic rings. The topological polar surface area (TPSA) is 67.9 Å². The average Bonchev–Trinajstić information content (AvgIpc) is 2.62. The molecular weight excluding hydrogens is 308 g/mol. The number of nitrogens with one attached hydrogen (secondary N) is 1. The number of methoxy groups -OCH3 is 1. The van der Waals surface area contributed by atoms with Crippen LogP contribution in [0.5, 0.6) is 5.75 Å². The molecule has 1 N–H and O–H groups in total. The van der Waals surface area contributed by atoms with Gasteiger partial charge in [0.1, 0.15) is 5.75 Å². The number of anilines is 1. The van der Waals surface area contributed by atoms with Gasteiger partial charge in [-0.25, -0.2) is 0 Å². The van der Waals surface area contributed by atoms with Crippen LogP contribution in [0.3, 0.4) is 0 Å². The molecule has 0 bridgehead atoms. The fourth-order valence-electron chi connectivity index (χ4n) is 2.90. The second-order valence-electron chi connectivity index (χ2n) is 5.98. The molecule has 1 heterocycles. The number of hydrogen-bond acceptors (Lipinski definition) is 5. The minimum Gasteiger partial charge on any atom is -0.497 e. The van der Waals surface area contributed by atoms with Crippen LogP contribution in [0.4, 0.5) is 5.69 Å². The van der Waals surface area contributed by atoms with Crippen LogP contribution in [0.25, 0.3) is 0 Å². The van der Waals surface area contributed by atoms with Gasteiger partial charge in [0.2, 0.25) is 5.91 Å². The lowest BCUT2D eigenvalue weighted by Crippen LogP contribution is -2.48. The van der Waals surface area contributed by atoms with Crippen LogP contribution in [0.15, 0.2) is 24.3 Å². The van der Waals surface area contributed by atoms with E-state index in [0.29, 0.717) is 13.2 Å². The first-order valence-corrected chi connectivity index (χ1v) is 8.40. The van der Waals surface area contributed by atoms with Gasteiger partial charge in [-0.3, -0.25) is 14.5 Å². The van der Waals surface area contributed by atoms with E-state index in [1.54, 1.807) is 31.4 Å². The summed E-state index contributed by atoms with van der Waals surface area (Å²) in [4.78, 5) is 26.4. The maximum atomic E-state index is 12.5. The second kappa shape index (κ2) is 8.68. The molecule has 2 atom stereocenters. The summed E-state index contributed by atoms with van der Waals surface area (Å²) in [6.07, 6.45) is 1.71. The van der Waals surface area contributed by atoms with Crippen LogP contribution < -0.4 is 10.1 Å². The van der Waals surface area contributed by atoms with Crippen LogP contribution in [-0.4, -0.2) is 49.6 Å². The van der Waals surface area contributed by atoms with E-state index >= 15 is 0 Å². The largest absolute Gasteiger partial charge is 0.497 e. The molecule has 2 rings (SSSR count). The standard InChI is InChI=1S/C18H26N2O4/c1-4-24-18(22)14-6-5-11-20(12-14)13(2)17(21)19-15-7-9-16(23-3)10-8-15/h7-10,13-14H,4-6,11-12H2,1-3H3,(H,19,21). The Hall–Kier alpha value is -2.08. The molecule has 132 valence electrons. The van der Waals surface area contributed by atoms with E-state index in [4.69, 9.17) is 9.47 Å². The summed E-state index contributed by atoms with van der Waals surface area (Å²) in [5, 5.41) is 2.91. The molecule has 0 saturated carbocycles. The van der Waals surface area contributed by atoms with Crippen molar-refractivity contribution in [2.24, 2.45) is 5.92 Å². The normalized spacial score (nSPS) is 19.4. The van der Waals surface area contributed by atoms with Crippen molar-refractivity contribution in [3.63, 3.8) is 0 Å². The summed E-state index contributed by atoms with van der Waals surface area (Å²) in [6, 6.07) is 6.92. The Balaban J connectivity index is 1.92. The highest BCUT2D eigenvalue weighted by Crippen LogP contribution is 2.21. The van der Waals surface area contributed by atoms with E-state index < -0.39 is 0 Å². The highest BCUT2D eigenvalue weighted by Gasteiger charge is 2.31. The van der Waals surface area contributed by atoms with E-state index in [0.717, 1.165) is 30.8 Å². The van der Waals surface area contributed by atoms with E-state index in [9.17, 15) is 9.59 Å². The number of amides is 1. The van der Waals surface area contributed by atoms with Gasteiger partial charge in [0.25, 0.3) is 0 Å². The van der Waals surface area contributed by atoms with Crippen molar-refractivity contribution in [1.29, 1.82) is 0 Å². The number of rotatable bonds is 6. The molecule has 0 radical (unpaired) electrons. The summed E-state index contributed by atoms with van der Waals surface area (Å²) < 4.78 is 10.2. The number of ether oxygens (including phenoxy) is 2. The Bertz CT molecular complexity index is 559. The van der Waals surface area contributed by atoms with Crippen molar-refractivity contribution < 1.29 is 19.1 Å². The van der Waals surface area contributed by atoms with Crippen LogP contribution >= 0.6 is 0 Å². The van der Waals surface area contributed by atoms with Crippen molar-refractivity contribution >= 4 is 17.6 Å². The zero-order valence-corrected chi connectivity index (χ0v) is 14.6. The van der Waals surface area contributed by atoms with Crippen molar-refractivity contribution in [3.8, 4) is 5.75 Å². The molecular formula is C18H26N2O4. The molecule has 6 nitrogen and oxygen atoms in total. The maximum absolute atomic E-state index is 12.5. The molecule has 1 fully saturated rings. The zero-order chi connectivity index (χ0) is 17.5. The van der Waals surface area contributed by atoms with Gasteiger partial charge in [-0.1, -0.05) is 0 Å². The SMILES string of the molecule is CCOC(=O)C1CCCN(C(C)C(=O)Nc2ccc(OC)cc2)C1. The summed E-state index contributed by atoms with van der Waals surface area (Å²) in [5.74, 6) is 0.360. The quantitative estimate of drug-likeness (QED) is 0.809. The molecule has 24 heavy (non-hydrogen) atoms. The molecule has 2 unspecified atom stereocenters. The molecule has 0 spiro atoms. The lowest BCUT2D eigenvalue weighted by molar-refractivity contribution is -0.150. The molecule has 0 aromatic heterocycles. The summed E-state index contributed by atoms with van der Waals surface area (Å²) >= 11 is 0. The van der Waals surface area contributed by atoms with Crippen LogP contribution in [0.1, 0.15) is 26.7 Å². The van der Waals surface area contributed by atoms with E-state index in [1.807, 2.05) is 18.7 Å². The summed E-state index contributed by atoms with van der Waals surface area (Å²) in [5.41, 5.74) is 0.728. The highest BCUT2D eigenvalue weighted by atomic mass is 16.5. The van der Waals surface area contributed by atoms with Gasteiger partial charge in [-0.15, -0.1) is 0 Å². The number of hydrogen-bond donors (Lipinski definition) is 1. The van der Waals surface area contributed by atoms with Gasteiger partial charge >= 0.3 is 5.97 Å². The minimum absolute atomic E-state index is 0.0790. The van der Waals surface area contributed by atoms with Gasteiger partial charge < -0.3 is 14.8 Å². The number of esters is 1. The zero-order valence-electron chi connectivity index (χ0n) is 14.6. The van der Waals surface area contributed by atoms with Gasteiger partial charge in [0.05, 0.1) is 25.7 Å². The predicted octanol–water partition coefficient (Wildman–Crippen LogP) is 2.30. The number of nitrogens with zero attached hydrogens (tertiary/aromatic N) is 1. The third-order valence-electron chi connectivity index (χ3n) is 4.36. The monoisotopic (exact) mass is 334 g/mol. The minimum atomic E-state index is -0.302. The molecule has 1 saturated heterocycles. The van der Waals surface area contributed by atoms with Crippen molar-refractivity contribution in [2.75, 3.05) is 32.1 Å². The summed E-state index contributed by atoms with van der Waals surface area (Å²) in [7, 11) is 1.60. The third kappa shape index (κ3) is 4.71. The predicted molar refractivity (Wildman–Crippen MR) is 92.0 cm³/mol. The van der Waals surface area contributed by atoms with Crippen molar-refractivity contribution in [1.82, 2.24) is 4.90 Å². The third-order valence-corrected chi connectivity index (χ3v) is 4.36. The van der Waals surface area contributed by atoms with Crippen LogP contribution in [-0.2, 0) is 14.3 Å². The Labute approximate surface area is 143 Å². The first-order valence-electron chi connectivity index (χ1n) is 8.40. The van der Waals surface area contributed by atoms with E-state index in [2.05, 4.69) is 5.32 Å². The Kier molecular flexibility index (Phi) is 6.61. The van der Waals surface area contributed by atoms with Crippen LogP contribution in [0, 0.1) is 5.92 Å². The molecule has 1 aromatic rings. The maximum Gasteiger partial charge on any atom is 0.310 e. The first kappa shape index (κ1) is 18.3. The van der Waals surface area contributed by atoms with E-state index in [-0.39, 0.29) is 23.8 Å². The van der Waals surface area contributed by atoms with Gasteiger partial charge in [0, 0.05) is 12.2 Å². The molecule has 1 amide bonds. The van der Waals surface area contributed by atoms with Gasteiger partial charge in [0.15, 0.2) is 0 Å². The Morgan fingerprint density at radius 3 is 2.67 bits per heavy atom. The lowest BCUT2D eigenvalue weighted by Gasteiger charge is -2.35. The Morgan fingerprint density at radius 2 is 2.04 bits per heavy atom. The first-order chi connectivity index (χ1) is 11.5. The molecule has 0 aliphatic carbocycles. The Morgan fingerprint density at radius 1 is 1.33 bits per heavy atom. The second-order valence-corrected chi connectivity index (χ2v) is 5.98. The number of carbonyl (C=O) groups is 2. The number of benzene rings is 1. The van der Waals surface area contributed by atoms with Crippen LogP contribution in [0.2, 0.25) is 0 Å². The number of carbonyl (C=O) groups excluding carboxylic acids is 2.